The predicted molar refractivity (Wildman–Crippen MR) is 88.0 cm³/mol. The standard InChI is InChI=1S/C16H20ClFN2O4/c1-3-24-15(21)13-6-4-5-7-20(13)16(22)19-12-9-14(23-2)10(17)8-11(12)18/h8-9,13H,3-7H2,1-2H3,(H,19,22). The number of esters is 1. The van der Waals surface area contributed by atoms with Crippen molar-refractivity contribution in [3.63, 3.8) is 0 Å². The number of nitrogens with one attached hydrogen (secondary N) is 1. The minimum Gasteiger partial charge on any atom is -0.495 e. The maximum Gasteiger partial charge on any atom is 0.328 e. The molecule has 1 atom stereocenters. The zero-order chi connectivity index (χ0) is 17.7. The lowest BCUT2D eigenvalue weighted by Crippen LogP contribution is -2.50. The molecular formula is C16H20ClFN2O4. The van der Waals surface area contributed by atoms with Crippen LogP contribution in [0.15, 0.2) is 12.1 Å². The number of halogens is 2. The summed E-state index contributed by atoms with van der Waals surface area (Å²) < 4.78 is 24.0. The van der Waals surface area contributed by atoms with E-state index < -0.39 is 23.9 Å². The van der Waals surface area contributed by atoms with Crippen LogP contribution in [0.25, 0.3) is 0 Å². The lowest BCUT2D eigenvalue weighted by atomic mass is 10.0. The monoisotopic (exact) mass is 358 g/mol. The van der Waals surface area contributed by atoms with Gasteiger partial charge in [-0.2, -0.15) is 0 Å². The van der Waals surface area contributed by atoms with Crippen molar-refractivity contribution in [1.29, 1.82) is 0 Å². The number of nitrogens with zero attached hydrogens (tertiary/aromatic N) is 1. The van der Waals surface area contributed by atoms with Crippen molar-refractivity contribution in [2.24, 2.45) is 0 Å². The first kappa shape index (κ1) is 18.3. The quantitative estimate of drug-likeness (QED) is 0.837. The Morgan fingerprint density at radius 1 is 1.42 bits per heavy atom. The number of rotatable bonds is 4. The Bertz CT molecular complexity index is 626. The minimum atomic E-state index is -0.682. The molecule has 2 amide bonds. The molecule has 0 radical (unpaired) electrons. The van der Waals surface area contributed by atoms with Crippen molar-refractivity contribution < 1.29 is 23.5 Å². The van der Waals surface area contributed by atoms with Crippen molar-refractivity contribution in [1.82, 2.24) is 4.90 Å². The molecule has 0 spiro atoms. The number of carbonyl (C=O) groups is 2. The van der Waals surface area contributed by atoms with Crippen LogP contribution in [0.5, 0.6) is 5.75 Å². The Labute approximate surface area is 144 Å². The molecule has 1 aromatic rings. The van der Waals surface area contributed by atoms with E-state index in [9.17, 15) is 14.0 Å². The van der Waals surface area contributed by atoms with Crippen LogP contribution >= 0.6 is 11.6 Å². The van der Waals surface area contributed by atoms with Crippen molar-refractivity contribution in [3.8, 4) is 5.75 Å². The van der Waals surface area contributed by atoms with E-state index in [-0.39, 0.29) is 23.1 Å². The fraction of sp³-hybridized carbons (Fsp3) is 0.500. The van der Waals surface area contributed by atoms with E-state index in [1.165, 1.54) is 18.1 Å². The maximum absolute atomic E-state index is 14.0. The van der Waals surface area contributed by atoms with E-state index in [0.29, 0.717) is 13.0 Å². The van der Waals surface area contributed by atoms with Gasteiger partial charge in [-0.15, -0.1) is 0 Å². The van der Waals surface area contributed by atoms with E-state index in [1.807, 2.05) is 0 Å². The lowest BCUT2D eigenvalue weighted by molar-refractivity contribution is -0.149. The highest BCUT2D eigenvalue weighted by Gasteiger charge is 2.33. The number of likely N-dealkylation sites (tertiary alicyclic amines) is 1. The van der Waals surface area contributed by atoms with Gasteiger partial charge in [0.1, 0.15) is 17.6 Å². The highest BCUT2D eigenvalue weighted by Crippen LogP contribution is 2.30. The second kappa shape index (κ2) is 8.19. The molecular weight excluding hydrogens is 339 g/mol. The fourth-order valence-electron chi connectivity index (χ4n) is 2.63. The molecule has 0 aromatic heterocycles. The first-order valence-electron chi connectivity index (χ1n) is 7.75. The van der Waals surface area contributed by atoms with Gasteiger partial charge in [0.05, 0.1) is 24.4 Å². The number of hydrogen-bond acceptors (Lipinski definition) is 4. The molecule has 1 aliphatic heterocycles. The molecule has 1 saturated heterocycles. The number of methoxy groups -OCH3 is 1. The van der Waals surface area contributed by atoms with E-state index in [0.717, 1.165) is 18.9 Å². The Morgan fingerprint density at radius 2 is 2.17 bits per heavy atom. The van der Waals surface area contributed by atoms with Crippen LogP contribution in [0.1, 0.15) is 26.2 Å². The Balaban J connectivity index is 2.17. The Hall–Kier alpha value is -2.02. The number of amides is 2. The van der Waals surface area contributed by atoms with Crippen LogP contribution in [0.2, 0.25) is 5.02 Å². The van der Waals surface area contributed by atoms with Gasteiger partial charge in [0.15, 0.2) is 0 Å². The lowest BCUT2D eigenvalue weighted by Gasteiger charge is -2.34. The van der Waals surface area contributed by atoms with Gasteiger partial charge in [-0.1, -0.05) is 11.6 Å². The number of piperidine rings is 1. The molecule has 0 aliphatic carbocycles. The van der Waals surface area contributed by atoms with E-state index in [1.54, 1.807) is 6.92 Å². The summed E-state index contributed by atoms with van der Waals surface area (Å²) in [6.07, 6.45) is 2.13. The first-order valence-corrected chi connectivity index (χ1v) is 8.13. The van der Waals surface area contributed by atoms with Crippen LogP contribution < -0.4 is 10.1 Å². The number of hydrogen-bond donors (Lipinski definition) is 1. The van der Waals surface area contributed by atoms with Gasteiger partial charge in [0, 0.05) is 12.6 Å². The number of anilines is 1. The summed E-state index contributed by atoms with van der Waals surface area (Å²) in [4.78, 5) is 25.9. The molecule has 2 rings (SSSR count). The topological polar surface area (TPSA) is 67.9 Å². The smallest absolute Gasteiger partial charge is 0.328 e. The third-order valence-corrected chi connectivity index (χ3v) is 4.10. The Morgan fingerprint density at radius 3 is 2.83 bits per heavy atom. The summed E-state index contributed by atoms with van der Waals surface area (Å²) >= 11 is 5.84. The van der Waals surface area contributed by atoms with Crippen LogP contribution in [0, 0.1) is 5.82 Å². The van der Waals surface area contributed by atoms with Gasteiger partial charge in [0.2, 0.25) is 0 Å². The molecule has 8 heteroatoms. The van der Waals surface area contributed by atoms with Crippen molar-refractivity contribution in [2.45, 2.75) is 32.2 Å². The average Bonchev–Trinajstić information content (AvgIpc) is 2.57. The van der Waals surface area contributed by atoms with E-state index >= 15 is 0 Å². The van der Waals surface area contributed by atoms with Crippen molar-refractivity contribution in [3.05, 3.63) is 23.0 Å². The SMILES string of the molecule is CCOC(=O)C1CCCCN1C(=O)Nc1cc(OC)c(Cl)cc1F. The van der Waals surface area contributed by atoms with E-state index in [2.05, 4.69) is 5.32 Å². The summed E-state index contributed by atoms with van der Waals surface area (Å²) in [7, 11) is 1.39. The number of benzene rings is 1. The molecule has 24 heavy (non-hydrogen) atoms. The molecule has 6 nitrogen and oxygen atoms in total. The third-order valence-electron chi connectivity index (χ3n) is 3.81. The van der Waals surface area contributed by atoms with Crippen molar-refractivity contribution in [2.75, 3.05) is 25.6 Å². The van der Waals surface area contributed by atoms with Crippen LogP contribution in [-0.4, -0.2) is 43.2 Å². The van der Waals surface area contributed by atoms with Gasteiger partial charge in [-0.05, 0) is 32.3 Å². The van der Waals surface area contributed by atoms with Crippen LogP contribution in [0.3, 0.4) is 0 Å². The van der Waals surface area contributed by atoms with Gasteiger partial charge in [-0.25, -0.2) is 14.0 Å². The van der Waals surface area contributed by atoms with Gasteiger partial charge in [-0.3, -0.25) is 0 Å². The predicted octanol–water partition coefficient (Wildman–Crippen LogP) is 3.44. The highest BCUT2D eigenvalue weighted by atomic mass is 35.5. The van der Waals surface area contributed by atoms with Gasteiger partial charge in [0.25, 0.3) is 0 Å². The van der Waals surface area contributed by atoms with Gasteiger partial charge < -0.3 is 19.7 Å². The second-order valence-corrected chi connectivity index (χ2v) is 5.76. The molecule has 1 aliphatic rings. The van der Waals surface area contributed by atoms with Crippen LogP contribution in [-0.2, 0) is 9.53 Å². The molecule has 0 bridgehead atoms. The number of ether oxygens (including phenoxy) is 2. The summed E-state index contributed by atoms with van der Waals surface area (Å²) in [5.41, 5.74) is -0.0607. The zero-order valence-corrected chi connectivity index (χ0v) is 14.4. The average molecular weight is 359 g/mol. The largest absolute Gasteiger partial charge is 0.495 e. The Kier molecular flexibility index (Phi) is 6.25. The van der Waals surface area contributed by atoms with Crippen molar-refractivity contribution >= 4 is 29.3 Å². The molecule has 1 unspecified atom stereocenters. The maximum atomic E-state index is 14.0. The normalized spacial score (nSPS) is 17.3. The first-order chi connectivity index (χ1) is 11.5. The second-order valence-electron chi connectivity index (χ2n) is 5.35. The molecule has 1 aromatic carbocycles. The zero-order valence-electron chi connectivity index (χ0n) is 13.6. The van der Waals surface area contributed by atoms with Crippen LogP contribution in [0.4, 0.5) is 14.9 Å². The fourth-order valence-corrected chi connectivity index (χ4v) is 2.85. The molecule has 0 saturated carbocycles. The minimum absolute atomic E-state index is 0.0607. The summed E-state index contributed by atoms with van der Waals surface area (Å²) in [5.74, 6) is -0.880. The molecule has 1 N–H and O–H groups in total. The summed E-state index contributed by atoms with van der Waals surface area (Å²) in [5, 5.41) is 2.58. The number of urea groups is 1. The third kappa shape index (κ3) is 4.08. The molecule has 1 heterocycles. The highest BCUT2D eigenvalue weighted by molar-refractivity contribution is 6.32. The summed E-state index contributed by atoms with van der Waals surface area (Å²) in [6, 6.07) is 1.15. The van der Waals surface area contributed by atoms with E-state index in [4.69, 9.17) is 21.1 Å². The summed E-state index contributed by atoms with van der Waals surface area (Å²) in [6.45, 7) is 2.36. The van der Waals surface area contributed by atoms with Gasteiger partial charge >= 0.3 is 12.0 Å². The molecule has 1 fully saturated rings. The number of carbonyl (C=O) groups excluding carboxylic acids is 2. The molecule has 132 valence electrons.